The average Bonchev–Trinajstić information content (AvgIpc) is 3.08. The van der Waals surface area contributed by atoms with Crippen LogP contribution >= 0.6 is 11.3 Å². The highest BCUT2D eigenvalue weighted by molar-refractivity contribution is 7.14. The van der Waals surface area contributed by atoms with Crippen LogP contribution in [0, 0.1) is 5.92 Å². The van der Waals surface area contributed by atoms with Gasteiger partial charge in [-0.25, -0.2) is 4.79 Å². The number of likely N-dealkylation sites (tertiary alicyclic amines) is 1. The maximum absolute atomic E-state index is 12.7. The van der Waals surface area contributed by atoms with E-state index in [9.17, 15) is 9.59 Å². The molecule has 0 unspecified atom stereocenters. The number of aryl methyl sites for hydroxylation is 1. The van der Waals surface area contributed by atoms with Gasteiger partial charge in [0.05, 0.1) is 10.4 Å². The smallest absolute Gasteiger partial charge is 0.315 e. The maximum Gasteiger partial charge on any atom is 0.315 e. The lowest BCUT2D eigenvalue weighted by atomic mass is 9.85. The van der Waals surface area contributed by atoms with E-state index in [-0.39, 0.29) is 17.5 Å². The van der Waals surface area contributed by atoms with Crippen molar-refractivity contribution in [3.8, 4) is 0 Å². The van der Waals surface area contributed by atoms with Gasteiger partial charge in [-0.15, -0.1) is 11.3 Å². The van der Waals surface area contributed by atoms with Crippen molar-refractivity contribution in [1.82, 2.24) is 15.5 Å². The first-order valence-electron chi connectivity index (χ1n) is 8.55. The van der Waals surface area contributed by atoms with Gasteiger partial charge in [-0.1, -0.05) is 19.8 Å². The molecule has 4 rings (SSSR count). The summed E-state index contributed by atoms with van der Waals surface area (Å²) in [5, 5.41) is 5.71. The summed E-state index contributed by atoms with van der Waals surface area (Å²) in [6.07, 6.45) is 6.06. The van der Waals surface area contributed by atoms with E-state index < -0.39 is 0 Å². The van der Waals surface area contributed by atoms with Crippen molar-refractivity contribution in [2.45, 2.75) is 44.6 Å². The van der Waals surface area contributed by atoms with Crippen molar-refractivity contribution in [3.05, 3.63) is 21.4 Å². The summed E-state index contributed by atoms with van der Waals surface area (Å²) in [4.78, 5) is 28.1. The summed E-state index contributed by atoms with van der Waals surface area (Å²) in [5.74, 6) is 0.917. The molecule has 2 saturated heterocycles. The number of fused-ring (bicyclic) bond motifs is 1. The zero-order valence-corrected chi connectivity index (χ0v) is 14.3. The van der Waals surface area contributed by atoms with Gasteiger partial charge in [0.2, 0.25) is 0 Å². The van der Waals surface area contributed by atoms with E-state index in [2.05, 4.69) is 23.6 Å². The van der Waals surface area contributed by atoms with Gasteiger partial charge >= 0.3 is 6.03 Å². The summed E-state index contributed by atoms with van der Waals surface area (Å²) < 4.78 is 0. The predicted octanol–water partition coefficient (Wildman–Crippen LogP) is 2.16. The van der Waals surface area contributed by atoms with Crippen molar-refractivity contribution in [1.29, 1.82) is 0 Å². The predicted molar refractivity (Wildman–Crippen MR) is 89.9 cm³/mol. The maximum atomic E-state index is 12.7. The average molecular weight is 333 g/mol. The second kappa shape index (κ2) is 5.51. The van der Waals surface area contributed by atoms with E-state index in [1.165, 1.54) is 29.7 Å². The van der Waals surface area contributed by atoms with E-state index in [0.717, 1.165) is 23.6 Å². The number of nitrogens with zero attached hydrogens (tertiary/aromatic N) is 1. The van der Waals surface area contributed by atoms with Crippen LogP contribution in [-0.2, 0) is 12.8 Å². The fourth-order valence-corrected chi connectivity index (χ4v) is 5.29. The first-order chi connectivity index (χ1) is 11.1. The molecule has 1 aliphatic carbocycles. The molecule has 3 amide bonds. The van der Waals surface area contributed by atoms with Crippen molar-refractivity contribution in [2.75, 3.05) is 19.6 Å². The summed E-state index contributed by atoms with van der Waals surface area (Å²) in [6, 6.07) is 2.01. The number of hydrogen-bond acceptors (Lipinski definition) is 3. The lowest BCUT2D eigenvalue weighted by Crippen LogP contribution is -2.69. The monoisotopic (exact) mass is 333 g/mol. The minimum absolute atomic E-state index is 0.120. The molecule has 6 heteroatoms. The van der Waals surface area contributed by atoms with E-state index in [1.807, 2.05) is 4.90 Å². The van der Waals surface area contributed by atoms with Crippen molar-refractivity contribution < 1.29 is 9.59 Å². The van der Waals surface area contributed by atoms with Crippen LogP contribution in [-0.4, -0.2) is 42.0 Å². The Labute approximate surface area is 140 Å². The number of hydrogen-bond donors (Lipinski definition) is 2. The van der Waals surface area contributed by atoms with Gasteiger partial charge in [0, 0.05) is 24.5 Å². The van der Waals surface area contributed by atoms with Crippen molar-refractivity contribution in [2.24, 2.45) is 5.92 Å². The van der Waals surface area contributed by atoms with Gasteiger partial charge in [-0.2, -0.15) is 0 Å². The molecule has 1 aromatic heterocycles. The number of carbonyl (C=O) groups is 2. The summed E-state index contributed by atoms with van der Waals surface area (Å²) >= 11 is 1.68. The molecule has 2 N–H and O–H groups in total. The third-order valence-electron chi connectivity index (χ3n) is 5.33. The third-order valence-corrected chi connectivity index (χ3v) is 6.56. The topological polar surface area (TPSA) is 61.4 Å². The Hall–Kier alpha value is -1.56. The number of rotatable bonds is 3. The molecule has 2 aliphatic heterocycles. The Morgan fingerprint density at radius 1 is 1.48 bits per heavy atom. The SMILES string of the molecule is CCC[C@H]1CCc2sc(C(=O)N3CC4(CNC(=O)N4)C3)cc2C1. The number of thiophene rings is 1. The van der Waals surface area contributed by atoms with Crippen LogP contribution in [0.1, 0.15) is 46.3 Å². The quantitative estimate of drug-likeness (QED) is 0.890. The molecule has 0 bridgehead atoms. The molecular formula is C17H23N3O2S. The molecule has 5 nitrogen and oxygen atoms in total. The molecule has 1 atom stereocenters. The van der Waals surface area contributed by atoms with Gasteiger partial charge in [0.1, 0.15) is 0 Å². The molecule has 0 saturated carbocycles. The normalized spacial score (nSPS) is 24.8. The second-order valence-corrected chi connectivity index (χ2v) is 8.34. The van der Waals surface area contributed by atoms with Gasteiger partial charge < -0.3 is 15.5 Å². The van der Waals surface area contributed by atoms with Crippen molar-refractivity contribution >= 4 is 23.3 Å². The summed E-state index contributed by atoms with van der Waals surface area (Å²) in [7, 11) is 0. The molecule has 23 heavy (non-hydrogen) atoms. The van der Waals surface area contributed by atoms with Crippen LogP contribution in [0.3, 0.4) is 0 Å². The lowest BCUT2D eigenvalue weighted by molar-refractivity contribution is 0.0402. The van der Waals surface area contributed by atoms with E-state index in [1.54, 1.807) is 11.3 Å². The molecule has 1 aromatic rings. The summed E-state index contributed by atoms with van der Waals surface area (Å²) in [6.45, 7) is 4.10. The van der Waals surface area contributed by atoms with Crippen LogP contribution in [0.15, 0.2) is 6.07 Å². The van der Waals surface area contributed by atoms with Crippen LogP contribution in [0.2, 0.25) is 0 Å². The molecular weight excluding hydrogens is 310 g/mol. The number of nitrogens with one attached hydrogen (secondary N) is 2. The third kappa shape index (κ3) is 2.63. The Kier molecular flexibility index (Phi) is 3.59. The second-order valence-electron chi connectivity index (χ2n) is 7.21. The molecule has 3 heterocycles. The number of amides is 3. The largest absolute Gasteiger partial charge is 0.336 e. The van der Waals surface area contributed by atoms with E-state index >= 15 is 0 Å². The number of urea groups is 1. The Balaban J connectivity index is 1.42. The fraction of sp³-hybridized carbons (Fsp3) is 0.647. The van der Waals surface area contributed by atoms with Crippen molar-refractivity contribution in [3.63, 3.8) is 0 Å². The zero-order chi connectivity index (χ0) is 16.0. The van der Waals surface area contributed by atoms with Crippen LogP contribution in [0.25, 0.3) is 0 Å². The van der Waals surface area contributed by atoms with Gasteiger partial charge in [-0.05, 0) is 36.8 Å². The Bertz CT molecular complexity index is 648. The minimum Gasteiger partial charge on any atom is -0.336 e. The zero-order valence-electron chi connectivity index (χ0n) is 13.5. The fourth-order valence-electron chi connectivity index (χ4n) is 4.11. The molecule has 0 radical (unpaired) electrons. The van der Waals surface area contributed by atoms with Crippen LogP contribution < -0.4 is 10.6 Å². The first-order valence-corrected chi connectivity index (χ1v) is 9.37. The van der Waals surface area contributed by atoms with Gasteiger partial charge in [0.25, 0.3) is 5.91 Å². The molecule has 3 aliphatic rings. The minimum atomic E-state index is -0.226. The Morgan fingerprint density at radius 3 is 3.00 bits per heavy atom. The Morgan fingerprint density at radius 2 is 2.30 bits per heavy atom. The highest BCUT2D eigenvalue weighted by Gasteiger charge is 2.49. The molecule has 2 fully saturated rings. The molecule has 124 valence electrons. The van der Waals surface area contributed by atoms with E-state index in [0.29, 0.717) is 19.6 Å². The standard InChI is InChI=1S/C17H23N3O2S/c1-2-3-11-4-5-13-12(6-11)7-14(23-13)15(21)20-9-17(10-20)8-18-16(22)19-17/h7,11H,2-6,8-10H2,1H3,(H2,18,19,22)/t11-/m0/s1. The number of carbonyl (C=O) groups excluding carboxylic acids is 2. The first kappa shape index (κ1) is 15.0. The van der Waals surface area contributed by atoms with E-state index in [4.69, 9.17) is 0 Å². The molecule has 0 aromatic carbocycles. The van der Waals surface area contributed by atoms with Gasteiger partial charge in [-0.3, -0.25) is 4.79 Å². The highest BCUT2D eigenvalue weighted by Crippen LogP contribution is 2.35. The molecule has 1 spiro atoms. The van der Waals surface area contributed by atoms with Crippen LogP contribution in [0.5, 0.6) is 0 Å². The lowest BCUT2D eigenvalue weighted by Gasteiger charge is -2.46. The van der Waals surface area contributed by atoms with Crippen LogP contribution in [0.4, 0.5) is 4.79 Å². The highest BCUT2D eigenvalue weighted by atomic mass is 32.1. The summed E-state index contributed by atoms with van der Waals surface area (Å²) in [5.41, 5.74) is 1.17. The van der Waals surface area contributed by atoms with Gasteiger partial charge in [0.15, 0.2) is 0 Å².